The maximum atomic E-state index is 2.60. The summed E-state index contributed by atoms with van der Waals surface area (Å²) in [5.41, 5.74) is 13.3. The number of benzene rings is 4. The van der Waals surface area contributed by atoms with E-state index >= 15 is 0 Å². The number of aryl methyl sites for hydroxylation is 8. The van der Waals surface area contributed by atoms with Gasteiger partial charge < -0.3 is 0 Å². The molecule has 544 valence electrons. The first-order valence-corrected chi connectivity index (χ1v) is 47.9. The van der Waals surface area contributed by atoms with Crippen molar-refractivity contribution < 1.29 is 0 Å². The number of hydrogen-bond acceptors (Lipinski definition) is 8. The van der Waals surface area contributed by atoms with Crippen LogP contribution in [-0.4, -0.2) is 0 Å². The van der Waals surface area contributed by atoms with Gasteiger partial charge in [0.2, 0.25) is 0 Å². The molecule has 0 saturated carbocycles. The Morgan fingerprint density at radius 2 is 0.363 bits per heavy atom. The van der Waals surface area contributed by atoms with Gasteiger partial charge >= 0.3 is 0 Å². The van der Waals surface area contributed by atoms with Crippen molar-refractivity contribution in [1.29, 1.82) is 0 Å². The van der Waals surface area contributed by atoms with Crippen LogP contribution in [0.25, 0.3) is 117 Å². The van der Waals surface area contributed by atoms with Crippen molar-refractivity contribution in [3.63, 3.8) is 0 Å². The highest BCUT2D eigenvalue weighted by molar-refractivity contribution is 7.24. The highest BCUT2D eigenvalue weighted by Crippen LogP contribution is 2.49. The second-order valence-corrected chi connectivity index (χ2v) is 38.3. The Balaban J connectivity index is 0.923. The largest absolute Gasteiger partial charge is 0.143 e. The number of rotatable bonds is 46. The van der Waals surface area contributed by atoms with Crippen LogP contribution in [0.4, 0.5) is 0 Å². The molecule has 0 saturated heterocycles. The summed E-state index contributed by atoms with van der Waals surface area (Å²) in [5, 5.41) is 16.6. The van der Waals surface area contributed by atoms with Gasteiger partial charge in [0.1, 0.15) is 0 Å². The molecule has 12 aromatic rings. The van der Waals surface area contributed by atoms with Gasteiger partial charge in [0.25, 0.3) is 0 Å². The maximum absolute atomic E-state index is 2.60. The minimum absolute atomic E-state index is 1.18. The van der Waals surface area contributed by atoms with E-state index in [1.165, 1.54) is 329 Å². The van der Waals surface area contributed by atoms with Crippen molar-refractivity contribution in [2.24, 2.45) is 0 Å². The summed E-state index contributed by atoms with van der Waals surface area (Å²) in [7, 11) is 0. The second kappa shape index (κ2) is 39.6. The van der Waals surface area contributed by atoms with Crippen molar-refractivity contribution in [3.05, 3.63) is 133 Å². The molecule has 12 rings (SSSR count). The Labute approximate surface area is 647 Å². The van der Waals surface area contributed by atoms with Crippen LogP contribution in [0.15, 0.2) is 59.3 Å². The van der Waals surface area contributed by atoms with Gasteiger partial charge in [0.05, 0.1) is 0 Å². The van der Waals surface area contributed by atoms with E-state index in [1.54, 1.807) is 82.1 Å². The molecular weight excluding hydrogens is 1390 g/mol. The molecule has 102 heavy (non-hydrogen) atoms. The first-order chi connectivity index (χ1) is 50.3. The van der Waals surface area contributed by atoms with Crippen LogP contribution in [0.1, 0.15) is 335 Å². The van der Waals surface area contributed by atoms with E-state index in [-0.39, 0.29) is 0 Å². The fourth-order valence-electron chi connectivity index (χ4n) is 16.5. The standard InChI is InChI=1S/C94H120S8/c1-9-17-25-33-41-71-73(43-35-27-19-11-3)89-81(79-55-57-95-87(71)79)59-65(97-89)49-51-67-61-83-85-63-69(101-93(85)77(47-39-31-23-15-7)75(91(83)99-67)45-37-29-21-13-5)53-54-70-64-86-84-62-68(100-92(84)76(46-38-30-22-14-6)78(94(86)102-70)48-40-32-24-16-8)52-50-66-60-82-80-56-58-96-88(80)72(42-34-26-18-10-2)74(90(82)98-66)44-36-28-20-12-4/h49-64H,9-48H2,1-8H3/b51-49+,52-50+,54-53+. The number of unbranched alkanes of at least 4 members (excludes halogenated alkanes) is 24. The highest BCUT2D eigenvalue weighted by Gasteiger charge is 2.24. The lowest BCUT2D eigenvalue weighted by molar-refractivity contribution is 0.654. The molecule has 0 radical (unpaired) electrons. The fourth-order valence-corrected chi connectivity index (χ4v) is 25.6. The molecule has 0 aliphatic rings. The van der Waals surface area contributed by atoms with Crippen LogP contribution in [0.3, 0.4) is 0 Å². The zero-order valence-corrected chi connectivity index (χ0v) is 70.3. The molecule has 8 heteroatoms. The normalized spacial score (nSPS) is 12.6. The van der Waals surface area contributed by atoms with E-state index in [2.05, 4.69) is 219 Å². The number of thiophene rings is 8. The third kappa shape index (κ3) is 18.7. The monoisotopic (exact) mass is 1500 g/mol. The summed E-state index contributed by atoms with van der Waals surface area (Å²) >= 11 is 16.5. The second-order valence-electron chi connectivity index (χ2n) is 30.0. The van der Waals surface area contributed by atoms with Crippen molar-refractivity contribution in [2.75, 3.05) is 0 Å². The summed E-state index contributed by atoms with van der Waals surface area (Å²) in [6, 6.07) is 20.4. The lowest BCUT2D eigenvalue weighted by Gasteiger charge is -2.13. The van der Waals surface area contributed by atoms with Crippen LogP contribution < -0.4 is 0 Å². The third-order valence-corrected chi connectivity index (χ3v) is 31.0. The summed E-state index contributed by atoms with van der Waals surface area (Å²) in [5.74, 6) is 0. The van der Waals surface area contributed by atoms with E-state index in [0.717, 1.165) is 0 Å². The van der Waals surface area contributed by atoms with Gasteiger partial charge in [-0.2, -0.15) is 0 Å². The molecule has 0 N–H and O–H groups in total. The Kier molecular flexibility index (Phi) is 30.0. The van der Waals surface area contributed by atoms with E-state index in [4.69, 9.17) is 0 Å². The van der Waals surface area contributed by atoms with Crippen molar-refractivity contribution in [1.82, 2.24) is 0 Å². The molecule has 4 aromatic carbocycles. The first kappa shape index (κ1) is 77.4. The predicted molar refractivity (Wildman–Crippen MR) is 478 cm³/mol. The SMILES string of the molecule is CCCCCCc1c(CCCCCC)c2sc(/C=C/c3cc4c(s3)c(CCCCCC)c(CCCCCC)c3sc(/C=C/c5cc6c(s5)c(CCCCCC)c(CCCCCC)c5sc(/C=C/c7cc8c(s7)c(CCCCCC)c(CCCCCC)c7sccc78)cc56)cc34)cc2c2ccsc12. The van der Waals surface area contributed by atoms with Gasteiger partial charge in [-0.1, -0.05) is 209 Å². The minimum atomic E-state index is 1.18. The molecule has 0 amide bonds. The van der Waals surface area contributed by atoms with Gasteiger partial charge in [-0.3, -0.25) is 0 Å². The van der Waals surface area contributed by atoms with Crippen LogP contribution >= 0.6 is 90.7 Å². The topological polar surface area (TPSA) is 0 Å². The highest BCUT2D eigenvalue weighted by atomic mass is 32.1. The molecule has 0 nitrogen and oxygen atoms in total. The summed E-state index contributed by atoms with van der Waals surface area (Å²) in [6.07, 6.45) is 66.2. The Morgan fingerprint density at radius 1 is 0.196 bits per heavy atom. The van der Waals surface area contributed by atoms with Gasteiger partial charge in [-0.15, -0.1) is 90.7 Å². The third-order valence-electron chi connectivity index (χ3n) is 22.1. The number of hydrogen-bond donors (Lipinski definition) is 0. The Hall–Kier alpha value is -4.22. The number of fused-ring (bicyclic) bond motifs is 12. The van der Waals surface area contributed by atoms with Crippen molar-refractivity contribution in [3.8, 4) is 0 Å². The minimum Gasteiger partial charge on any atom is -0.143 e. The van der Waals surface area contributed by atoms with Crippen LogP contribution in [0, 0.1) is 0 Å². The maximum Gasteiger partial charge on any atom is 0.0390 e. The molecular formula is C94H120S8. The van der Waals surface area contributed by atoms with Gasteiger partial charge in [-0.05, 0) is 243 Å². The predicted octanol–water partition coefficient (Wildman–Crippen LogP) is 34.9. The Morgan fingerprint density at radius 3 is 0.539 bits per heavy atom. The lowest BCUT2D eigenvalue weighted by atomic mass is 9.93. The van der Waals surface area contributed by atoms with E-state index in [9.17, 15) is 0 Å². The quantitative estimate of drug-likeness (QED) is 0.0334. The van der Waals surface area contributed by atoms with Gasteiger partial charge in [-0.25, -0.2) is 0 Å². The van der Waals surface area contributed by atoms with Crippen LogP contribution in [0.2, 0.25) is 0 Å². The summed E-state index contributed by atoms with van der Waals surface area (Å²) in [4.78, 5) is 8.36. The van der Waals surface area contributed by atoms with Crippen molar-refractivity contribution in [2.45, 2.75) is 312 Å². The molecule has 8 aromatic heterocycles. The molecule has 0 spiro atoms. The van der Waals surface area contributed by atoms with Crippen LogP contribution in [-0.2, 0) is 51.4 Å². The smallest absolute Gasteiger partial charge is 0.0390 e. The molecule has 0 unspecified atom stereocenters. The molecule has 8 heterocycles. The first-order valence-electron chi connectivity index (χ1n) is 41.3. The lowest BCUT2D eigenvalue weighted by Crippen LogP contribution is -1.97. The average Bonchev–Trinajstić information content (AvgIpc) is 1.60. The molecule has 0 atom stereocenters. The van der Waals surface area contributed by atoms with Crippen molar-refractivity contribution >= 4 is 208 Å². The molecule has 0 bridgehead atoms. The zero-order valence-electron chi connectivity index (χ0n) is 63.8. The molecule has 0 aliphatic heterocycles. The summed E-state index contributed by atoms with van der Waals surface area (Å²) < 4.78 is 12.5. The fraction of sp³-hybridized carbons (Fsp3) is 0.511. The van der Waals surface area contributed by atoms with Crippen LogP contribution in [0.5, 0.6) is 0 Å². The van der Waals surface area contributed by atoms with E-state index < -0.39 is 0 Å². The molecule has 0 fully saturated rings. The van der Waals surface area contributed by atoms with Gasteiger partial charge in [0.15, 0.2) is 0 Å². The van der Waals surface area contributed by atoms with Gasteiger partial charge in [0, 0.05) is 110 Å². The Bertz CT molecular complexity index is 4420. The van der Waals surface area contributed by atoms with E-state index in [1.807, 2.05) is 22.7 Å². The van der Waals surface area contributed by atoms with E-state index in [0.29, 0.717) is 0 Å². The average molecular weight is 1510 g/mol. The molecule has 0 aliphatic carbocycles. The zero-order chi connectivity index (χ0) is 70.6. The summed E-state index contributed by atoms with van der Waals surface area (Å²) in [6.45, 7) is 18.8.